The SMILES string of the molecule is C=CC[N+](C)(C)NS(=O)(=O)c1ccc(C)cc1. The van der Waals surface area contributed by atoms with Crippen LogP contribution in [0, 0.1) is 6.92 Å². The van der Waals surface area contributed by atoms with E-state index in [-0.39, 0.29) is 9.49 Å². The second kappa shape index (κ2) is 5.00. The predicted molar refractivity (Wildman–Crippen MR) is 68.7 cm³/mol. The highest BCUT2D eigenvalue weighted by molar-refractivity contribution is 7.89. The summed E-state index contributed by atoms with van der Waals surface area (Å²) in [6.07, 6.45) is 1.68. The number of hydrogen-bond donors (Lipinski definition) is 1. The lowest BCUT2D eigenvalue weighted by Gasteiger charge is -2.27. The summed E-state index contributed by atoms with van der Waals surface area (Å²) in [6, 6.07) is 6.77. The highest BCUT2D eigenvalue weighted by Crippen LogP contribution is 2.11. The summed E-state index contributed by atoms with van der Waals surface area (Å²) in [5, 5.41) is 0. The van der Waals surface area contributed by atoms with E-state index in [1.807, 2.05) is 6.92 Å². The van der Waals surface area contributed by atoms with Crippen molar-refractivity contribution in [1.29, 1.82) is 0 Å². The van der Waals surface area contributed by atoms with Crippen LogP contribution >= 0.6 is 0 Å². The summed E-state index contributed by atoms with van der Waals surface area (Å²) in [4.78, 5) is 2.88. The van der Waals surface area contributed by atoms with E-state index in [1.165, 1.54) is 0 Å². The van der Waals surface area contributed by atoms with Crippen LogP contribution in [0.4, 0.5) is 0 Å². The lowest BCUT2D eigenvalue weighted by atomic mass is 10.2. The molecular weight excluding hydrogens is 236 g/mol. The van der Waals surface area contributed by atoms with Gasteiger partial charge in [0.2, 0.25) is 0 Å². The van der Waals surface area contributed by atoms with Gasteiger partial charge in [0.05, 0.1) is 19.0 Å². The van der Waals surface area contributed by atoms with Crippen molar-refractivity contribution in [3.63, 3.8) is 0 Å². The van der Waals surface area contributed by atoms with Crippen LogP contribution in [-0.4, -0.2) is 33.6 Å². The van der Waals surface area contributed by atoms with Crippen molar-refractivity contribution >= 4 is 10.0 Å². The quantitative estimate of drug-likeness (QED) is 0.492. The highest BCUT2D eigenvalue weighted by atomic mass is 32.2. The number of rotatable bonds is 5. The molecule has 0 fully saturated rings. The van der Waals surface area contributed by atoms with Crippen molar-refractivity contribution in [2.45, 2.75) is 11.8 Å². The standard InChI is InChI=1S/C12H19N2O2S/c1-5-10-14(3,4)13-17(15,16)12-8-6-11(2)7-9-12/h5-9,13H,1,10H2,2-4H3/q+1. The molecule has 0 amide bonds. The minimum absolute atomic E-state index is 0.139. The molecule has 0 aliphatic heterocycles. The maximum atomic E-state index is 12.1. The van der Waals surface area contributed by atoms with E-state index in [2.05, 4.69) is 11.4 Å². The van der Waals surface area contributed by atoms with Gasteiger partial charge in [-0.3, -0.25) is 0 Å². The lowest BCUT2D eigenvalue weighted by Crippen LogP contribution is -2.54. The first-order chi connectivity index (χ1) is 7.77. The van der Waals surface area contributed by atoms with Crippen LogP contribution in [0.2, 0.25) is 0 Å². The van der Waals surface area contributed by atoms with Crippen molar-refractivity contribution < 1.29 is 13.0 Å². The number of nitrogens with one attached hydrogen (secondary N) is 1. The first-order valence-corrected chi connectivity index (χ1v) is 6.80. The van der Waals surface area contributed by atoms with Gasteiger partial charge in [0.1, 0.15) is 6.54 Å². The molecule has 5 heteroatoms. The largest absolute Gasteiger partial charge is 0.282 e. The first-order valence-electron chi connectivity index (χ1n) is 5.31. The second-order valence-electron chi connectivity index (χ2n) is 4.56. The maximum Gasteiger partial charge on any atom is 0.282 e. The van der Waals surface area contributed by atoms with E-state index < -0.39 is 10.0 Å². The van der Waals surface area contributed by atoms with E-state index in [0.29, 0.717) is 6.54 Å². The molecule has 0 radical (unpaired) electrons. The summed E-state index contributed by atoms with van der Waals surface area (Å²) in [5.41, 5.74) is 1.03. The van der Waals surface area contributed by atoms with Crippen LogP contribution in [0.15, 0.2) is 41.8 Å². The van der Waals surface area contributed by atoms with Gasteiger partial charge < -0.3 is 0 Å². The zero-order valence-corrected chi connectivity index (χ0v) is 11.3. The molecule has 0 heterocycles. The topological polar surface area (TPSA) is 46.2 Å². The highest BCUT2D eigenvalue weighted by Gasteiger charge is 2.24. The molecule has 1 aromatic rings. The Hall–Kier alpha value is -1.17. The Morgan fingerprint density at radius 2 is 1.82 bits per heavy atom. The van der Waals surface area contributed by atoms with E-state index in [0.717, 1.165) is 5.56 Å². The Balaban J connectivity index is 2.96. The molecule has 0 bridgehead atoms. The third kappa shape index (κ3) is 3.96. The fourth-order valence-corrected chi connectivity index (χ4v) is 2.78. The molecule has 1 N–H and O–H groups in total. The number of aryl methyl sites for hydroxylation is 1. The normalized spacial score (nSPS) is 12.4. The van der Waals surface area contributed by atoms with E-state index in [1.54, 1.807) is 44.4 Å². The Labute approximate surface area is 103 Å². The van der Waals surface area contributed by atoms with Crippen LogP contribution < -0.4 is 4.83 Å². The molecule has 4 nitrogen and oxygen atoms in total. The van der Waals surface area contributed by atoms with Gasteiger partial charge in [-0.05, 0) is 25.1 Å². The fourth-order valence-electron chi connectivity index (χ4n) is 1.46. The van der Waals surface area contributed by atoms with Gasteiger partial charge >= 0.3 is 0 Å². The molecule has 0 saturated heterocycles. The molecule has 0 atom stereocenters. The van der Waals surface area contributed by atoms with Gasteiger partial charge in [0.15, 0.2) is 0 Å². The van der Waals surface area contributed by atoms with Gasteiger partial charge in [-0.25, -0.2) is 13.0 Å². The number of sulfonamides is 1. The number of quaternary nitrogens is 1. The summed E-state index contributed by atoms with van der Waals surface area (Å²) in [7, 11) is 0.0600. The average molecular weight is 255 g/mol. The van der Waals surface area contributed by atoms with E-state index in [9.17, 15) is 8.42 Å². The van der Waals surface area contributed by atoms with Gasteiger partial charge in [-0.15, -0.1) is 0 Å². The van der Waals surface area contributed by atoms with Crippen molar-refractivity contribution in [2.75, 3.05) is 20.6 Å². The average Bonchev–Trinajstić information content (AvgIpc) is 2.16. The third-order valence-corrected chi connectivity index (χ3v) is 3.91. The minimum atomic E-state index is -3.48. The molecule has 1 rings (SSSR count). The van der Waals surface area contributed by atoms with Gasteiger partial charge in [0, 0.05) is 0 Å². The number of hydrogen-bond acceptors (Lipinski definition) is 2. The minimum Gasteiger partial charge on any atom is -0.233 e. The molecule has 0 unspecified atom stereocenters. The molecule has 0 spiro atoms. The lowest BCUT2D eigenvalue weighted by molar-refractivity contribution is -0.914. The van der Waals surface area contributed by atoms with Gasteiger partial charge in [-0.1, -0.05) is 29.1 Å². The number of nitrogens with zero attached hydrogens (tertiary/aromatic N) is 1. The van der Waals surface area contributed by atoms with Crippen molar-refractivity contribution in [2.24, 2.45) is 0 Å². The second-order valence-corrected chi connectivity index (χ2v) is 6.22. The molecule has 0 aromatic heterocycles. The van der Waals surface area contributed by atoms with Gasteiger partial charge in [0.25, 0.3) is 10.0 Å². The van der Waals surface area contributed by atoms with Crippen LogP contribution in [0.3, 0.4) is 0 Å². The molecule has 0 saturated carbocycles. The number of benzene rings is 1. The van der Waals surface area contributed by atoms with E-state index in [4.69, 9.17) is 0 Å². The van der Waals surface area contributed by atoms with Crippen LogP contribution in [-0.2, 0) is 10.0 Å². The maximum absolute atomic E-state index is 12.1. The Morgan fingerprint density at radius 1 is 1.29 bits per heavy atom. The van der Waals surface area contributed by atoms with Crippen molar-refractivity contribution in [1.82, 2.24) is 4.83 Å². The summed E-state index contributed by atoms with van der Waals surface area (Å²) in [5.74, 6) is 0. The molecule has 1 aromatic carbocycles. The predicted octanol–water partition coefficient (Wildman–Crippen LogP) is 1.45. The first kappa shape index (κ1) is 13.9. The molecular formula is C12H19N2O2S+. The Kier molecular flexibility index (Phi) is 4.08. The summed E-state index contributed by atoms with van der Waals surface area (Å²) >= 11 is 0. The van der Waals surface area contributed by atoms with Crippen molar-refractivity contribution in [3.05, 3.63) is 42.5 Å². The van der Waals surface area contributed by atoms with Crippen molar-refractivity contribution in [3.8, 4) is 0 Å². The molecule has 17 heavy (non-hydrogen) atoms. The summed E-state index contributed by atoms with van der Waals surface area (Å²) in [6.45, 7) is 6.05. The van der Waals surface area contributed by atoms with Gasteiger partial charge in [-0.2, -0.15) is 0 Å². The monoisotopic (exact) mass is 255 g/mol. The number of likely N-dealkylation sites (N-methyl/N-ethyl adjacent to an activating group) is 1. The zero-order valence-electron chi connectivity index (χ0n) is 10.5. The summed E-state index contributed by atoms with van der Waals surface area (Å²) < 4.78 is 24.3. The van der Waals surface area contributed by atoms with Crippen LogP contribution in [0.1, 0.15) is 5.56 Å². The Bertz CT molecular complexity index is 490. The molecule has 0 aliphatic carbocycles. The molecule has 94 valence electrons. The van der Waals surface area contributed by atoms with Crippen LogP contribution in [0.5, 0.6) is 0 Å². The smallest absolute Gasteiger partial charge is 0.233 e. The fraction of sp³-hybridized carbons (Fsp3) is 0.333. The Morgan fingerprint density at radius 3 is 2.29 bits per heavy atom. The van der Waals surface area contributed by atoms with E-state index >= 15 is 0 Å². The third-order valence-electron chi connectivity index (χ3n) is 2.28. The zero-order chi connectivity index (χ0) is 13.1. The molecule has 0 aliphatic rings. The van der Waals surface area contributed by atoms with Crippen LogP contribution in [0.25, 0.3) is 0 Å².